The zero-order valence-electron chi connectivity index (χ0n) is 13.4. The zero-order valence-corrected chi connectivity index (χ0v) is 13.4. The van der Waals surface area contributed by atoms with Gasteiger partial charge in [0.1, 0.15) is 11.5 Å². The summed E-state index contributed by atoms with van der Waals surface area (Å²) in [6.07, 6.45) is 1.15. The van der Waals surface area contributed by atoms with Gasteiger partial charge in [-0.2, -0.15) is 0 Å². The molecule has 1 heterocycles. The molecule has 1 rings (SSSR count). The van der Waals surface area contributed by atoms with Gasteiger partial charge in [-0.3, -0.25) is 4.90 Å². The van der Waals surface area contributed by atoms with Gasteiger partial charge in [0.15, 0.2) is 0 Å². The molecule has 0 aromatic carbocycles. The number of nitrogens with zero attached hydrogens (tertiary/aromatic N) is 1. The number of furan rings is 1. The van der Waals surface area contributed by atoms with E-state index < -0.39 is 0 Å². The molecule has 1 N–H and O–H groups in total. The van der Waals surface area contributed by atoms with Crippen LogP contribution in [0.2, 0.25) is 0 Å². The van der Waals surface area contributed by atoms with Crippen molar-refractivity contribution in [3.63, 3.8) is 0 Å². The Morgan fingerprint density at radius 3 is 2.47 bits per heavy atom. The fraction of sp³-hybridized carbons (Fsp3) is 0.750. The Morgan fingerprint density at radius 2 is 1.89 bits per heavy atom. The molecule has 1 aromatic rings. The first-order valence-corrected chi connectivity index (χ1v) is 7.33. The number of nitrogens with one attached hydrogen (secondary N) is 1. The van der Waals surface area contributed by atoms with Gasteiger partial charge >= 0.3 is 0 Å². The molecular formula is C16H30N2O. The lowest BCUT2D eigenvalue weighted by molar-refractivity contribution is 0.126. The van der Waals surface area contributed by atoms with E-state index >= 15 is 0 Å². The molecule has 0 saturated carbocycles. The van der Waals surface area contributed by atoms with Crippen LogP contribution in [0.25, 0.3) is 0 Å². The van der Waals surface area contributed by atoms with Crippen LogP contribution < -0.4 is 5.32 Å². The number of hydrogen-bond acceptors (Lipinski definition) is 3. The Labute approximate surface area is 118 Å². The summed E-state index contributed by atoms with van der Waals surface area (Å²) in [5.41, 5.74) is 0.285. The smallest absolute Gasteiger partial charge is 0.118 e. The highest BCUT2D eigenvalue weighted by Gasteiger charge is 2.24. The van der Waals surface area contributed by atoms with Crippen LogP contribution >= 0.6 is 0 Å². The molecule has 0 aliphatic carbocycles. The Kier molecular flexibility index (Phi) is 6.08. The predicted molar refractivity (Wildman–Crippen MR) is 81.1 cm³/mol. The Balaban J connectivity index is 2.49. The normalized spacial score (nSPS) is 14.1. The highest BCUT2D eigenvalue weighted by molar-refractivity contribution is 5.07. The maximum Gasteiger partial charge on any atom is 0.118 e. The molecule has 1 unspecified atom stereocenters. The fourth-order valence-electron chi connectivity index (χ4n) is 2.03. The summed E-state index contributed by atoms with van der Waals surface area (Å²) in [4.78, 5) is 2.35. The molecule has 0 amide bonds. The van der Waals surface area contributed by atoms with Crippen LogP contribution in [0.3, 0.4) is 0 Å². The number of rotatable bonds is 7. The van der Waals surface area contributed by atoms with Crippen LogP contribution in [0.4, 0.5) is 0 Å². The van der Waals surface area contributed by atoms with Crippen molar-refractivity contribution in [3.05, 3.63) is 23.7 Å². The first-order chi connectivity index (χ1) is 8.84. The van der Waals surface area contributed by atoms with E-state index in [1.807, 2.05) is 0 Å². The van der Waals surface area contributed by atoms with E-state index in [0.717, 1.165) is 37.6 Å². The first-order valence-electron chi connectivity index (χ1n) is 7.33. The van der Waals surface area contributed by atoms with E-state index in [2.05, 4.69) is 64.0 Å². The summed E-state index contributed by atoms with van der Waals surface area (Å²) in [5, 5.41) is 3.36. The third-order valence-electron chi connectivity index (χ3n) is 3.76. The average Bonchev–Trinajstić information content (AvgIpc) is 2.75. The summed E-state index contributed by atoms with van der Waals surface area (Å²) in [7, 11) is 2.16. The largest absolute Gasteiger partial charge is 0.463 e. The van der Waals surface area contributed by atoms with Gasteiger partial charge in [0.25, 0.3) is 0 Å². The van der Waals surface area contributed by atoms with Gasteiger partial charge in [-0.05, 0) is 44.5 Å². The highest BCUT2D eigenvalue weighted by atomic mass is 16.3. The molecule has 0 aliphatic rings. The molecule has 19 heavy (non-hydrogen) atoms. The summed E-state index contributed by atoms with van der Waals surface area (Å²) >= 11 is 0. The van der Waals surface area contributed by atoms with E-state index in [-0.39, 0.29) is 5.41 Å². The summed E-state index contributed by atoms with van der Waals surface area (Å²) in [6.45, 7) is 14.0. The third-order valence-corrected chi connectivity index (χ3v) is 3.76. The molecule has 0 fully saturated rings. The molecule has 3 nitrogen and oxygen atoms in total. The topological polar surface area (TPSA) is 28.4 Å². The average molecular weight is 266 g/mol. The maximum absolute atomic E-state index is 5.86. The lowest BCUT2D eigenvalue weighted by atomic mass is 9.87. The SMILES string of the molecule is CCCNCc1ccc(CN(C)C(C)C(C)(C)C)o1. The Hall–Kier alpha value is -0.800. The van der Waals surface area contributed by atoms with Crippen molar-refractivity contribution in [2.45, 2.75) is 60.2 Å². The van der Waals surface area contributed by atoms with Crippen LogP contribution in [-0.2, 0) is 13.1 Å². The molecule has 0 spiro atoms. The van der Waals surface area contributed by atoms with Crippen molar-refractivity contribution < 1.29 is 4.42 Å². The summed E-state index contributed by atoms with van der Waals surface area (Å²) in [6, 6.07) is 4.68. The van der Waals surface area contributed by atoms with E-state index in [1.54, 1.807) is 0 Å². The van der Waals surface area contributed by atoms with E-state index in [9.17, 15) is 0 Å². The molecule has 1 aromatic heterocycles. The minimum atomic E-state index is 0.285. The fourth-order valence-corrected chi connectivity index (χ4v) is 2.03. The van der Waals surface area contributed by atoms with Gasteiger partial charge in [0.05, 0.1) is 13.1 Å². The van der Waals surface area contributed by atoms with Gasteiger partial charge in [-0.15, -0.1) is 0 Å². The lowest BCUT2D eigenvalue weighted by Crippen LogP contribution is -2.38. The Bertz CT molecular complexity index is 365. The standard InChI is InChI=1S/C16H30N2O/c1-7-10-17-11-14-8-9-15(19-14)12-18(6)13(2)16(3,4)5/h8-9,13,17H,7,10-12H2,1-6H3. The van der Waals surface area contributed by atoms with Crippen molar-refractivity contribution in [1.82, 2.24) is 10.2 Å². The second kappa shape index (κ2) is 7.11. The quantitative estimate of drug-likeness (QED) is 0.764. The first kappa shape index (κ1) is 16.3. The summed E-state index contributed by atoms with van der Waals surface area (Å²) in [5.74, 6) is 2.08. The van der Waals surface area contributed by atoms with E-state index in [4.69, 9.17) is 4.42 Å². The van der Waals surface area contributed by atoms with Gasteiger partial charge in [-0.25, -0.2) is 0 Å². The third kappa shape index (κ3) is 5.37. The van der Waals surface area contributed by atoms with Crippen molar-refractivity contribution in [2.75, 3.05) is 13.6 Å². The monoisotopic (exact) mass is 266 g/mol. The minimum absolute atomic E-state index is 0.285. The van der Waals surface area contributed by atoms with E-state index in [0.29, 0.717) is 6.04 Å². The molecular weight excluding hydrogens is 236 g/mol. The second-order valence-electron chi connectivity index (χ2n) is 6.50. The van der Waals surface area contributed by atoms with Crippen LogP contribution in [0.5, 0.6) is 0 Å². The van der Waals surface area contributed by atoms with Crippen LogP contribution in [0.15, 0.2) is 16.5 Å². The van der Waals surface area contributed by atoms with Crippen molar-refractivity contribution in [2.24, 2.45) is 5.41 Å². The minimum Gasteiger partial charge on any atom is -0.463 e. The van der Waals surface area contributed by atoms with Crippen LogP contribution in [0.1, 0.15) is 52.6 Å². The van der Waals surface area contributed by atoms with Gasteiger partial charge in [0, 0.05) is 6.04 Å². The van der Waals surface area contributed by atoms with Gasteiger partial charge in [-0.1, -0.05) is 27.7 Å². The molecule has 0 bridgehead atoms. The lowest BCUT2D eigenvalue weighted by Gasteiger charge is -2.34. The molecule has 110 valence electrons. The molecule has 1 atom stereocenters. The van der Waals surface area contributed by atoms with Crippen molar-refractivity contribution in [1.29, 1.82) is 0 Å². The number of hydrogen-bond donors (Lipinski definition) is 1. The van der Waals surface area contributed by atoms with Crippen molar-refractivity contribution >= 4 is 0 Å². The second-order valence-corrected chi connectivity index (χ2v) is 6.50. The van der Waals surface area contributed by atoms with Crippen LogP contribution in [0, 0.1) is 5.41 Å². The maximum atomic E-state index is 5.86. The molecule has 0 radical (unpaired) electrons. The highest BCUT2D eigenvalue weighted by Crippen LogP contribution is 2.24. The van der Waals surface area contributed by atoms with Crippen molar-refractivity contribution in [3.8, 4) is 0 Å². The van der Waals surface area contributed by atoms with Crippen LogP contribution in [-0.4, -0.2) is 24.5 Å². The molecule has 3 heteroatoms. The molecule has 0 saturated heterocycles. The predicted octanol–water partition coefficient (Wildman–Crippen LogP) is 3.65. The zero-order chi connectivity index (χ0) is 14.5. The Morgan fingerprint density at radius 1 is 1.26 bits per heavy atom. The van der Waals surface area contributed by atoms with Gasteiger partial charge in [0.2, 0.25) is 0 Å². The summed E-state index contributed by atoms with van der Waals surface area (Å²) < 4.78 is 5.86. The van der Waals surface area contributed by atoms with E-state index in [1.165, 1.54) is 0 Å². The molecule has 0 aliphatic heterocycles. The van der Waals surface area contributed by atoms with Gasteiger partial charge < -0.3 is 9.73 Å².